The lowest BCUT2D eigenvalue weighted by molar-refractivity contribution is -0.121. The number of hydrogen-bond acceptors (Lipinski definition) is 3. The zero-order valence-corrected chi connectivity index (χ0v) is 8.53. The number of amides is 1. The molecule has 0 spiro atoms. The normalized spacial score (nSPS) is 19.2. The summed E-state index contributed by atoms with van der Waals surface area (Å²) in [4.78, 5) is 11.0. The Morgan fingerprint density at radius 3 is 2.23 bits per heavy atom. The van der Waals surface area contributed by atoms with Gasteiger partial charge in [0.05, 0.1) is 12.1 Å². The van der Waals surface area contributed by atoms with E-state index in [1.54, 1.807) is 0 Å². The van der Waals surface area contributed by atoms with Crippen LogP contribution in [0.15, 0.2) is 0 Å². The zero-order valence-electron chi connectivity index (χ0n) is 7.71. The highest BCUT2D eigenvalue weighted by atomic mass is 35.5. The van der Waals surface area contributed by atoms with Crippen LogP contribution in [0.3, 0.4) is 0 Å². The third kappa shape index (κ3) is 3.14. The Hall–Kier alpha value is -0.320. The van der Waals surface area contributed by atoms with Crippen LogP contribution in [0.5, 0.6) is 0 Å². The van der Waals surface area contributed by atoms with Gasteiger partial charge in [-0.25, -0.2) is 0 Å². The molecule has 5 N–H and O–H groups in total. The van der Waals surface area contributed by atoms with E-state index < -0.39 is 0 Å². The van der Waals surface area contributed by atoms with E-state index >= 15 is 0 Å². The molecule has 0 aromatic heterocycles. The Kier molecular flexibility index (Phi) is 5.29. The van der Waals surface area contributed by atoms with Gasteiger partial charge in [0.1, 0.15) is 0 Å². The summed E-state index contributed by atoms with van der Waals surface area (Å²) in [6, 6.07) is 0. The lowest BCUT2D eigenvalue weighted by Gasteiger charge is -2.28. The van der Waals surface area contributed by atoms with E-state index in [-0.39, 0.29) is 30.4 Å². The van der Waals surface area contributed by atoms with Crippen molar-refractivity contribution in [2.75, 3.05) is 13.1 Å². The maximum absolute atomic E-state index is 11.0. The van der Waals surface area contributed by atoms with Crippen molar-refractivity contribution >= 4 is 18.3 Å². The van der Waals surface area contributed by atoms with Crippen molar-refractivity contribution in [3.8, 4) is 0 Å². The van der Waals surface area contributed by atoms with Crippen LogP contribution in [0, 0.1) is 0 Å². The smallest absolute Gasteiger partial charge is 0.234 e. The van der Waals surface area contributed by atoms with Crippen LogP contribution in [-0.4, -0.2) is 24.5 Å². The molecule has 1 aliphatic rings. The first-order chi connectivity index (χ1) is 5.72. The average molecular weight is 208 g/mol. The zero-order chi connectivity index (χ0) is 9.03. The highest BCUT2D eigenvalue weighted by molar-refractivity contribution is 5.85. The third-order valence-electron chi connectivity index (χ3n) is 2.54. The fourth-order valence-corrected chi connectivity index (χ4v) is 1.78. The quantitative estimate of drug-likeness (QED) is 0.597. The van der Waals surface area contributed by atoms with Gasteiger partial charge in [0, 0.05) is 6.54 Å². The lowest BCUT2D eigenvalue weighted by Crippen LogP contribution is -2.53. The maximum atomic E-state index is 11.0. The van der Waals surface area contributed by atoms with E-state index in [0.717, 1.165) is 25.7 Å². The maximum Gasteiger partial charge on any atom is 0.234 e. The summed E-state index contributed by atoms with van der Waals surface area (Å²) in [6.07, 6.45) is 4.30. The molecule has 0 radical (unpaired) electrons. The van der Waals surface area contributed by atoms with Crippen molar-refractivity contribution in [2.24, 2.45) is 11.5 Å². The van der Waals surface area contributed by atoms with Crippen molar-refractivity contribution in [2.45, 2.75) is 31.2 Å². The molecule has 78 valence electrons. The summed E-state index contributed by atoms with van der Waals surface area (Å²) in [5.41, 5.74) is 10.7. The predicted octanol–water partition coefficient (Wildman–Crippen LogP) is -0.245. The molecule has 0 heterocycles. The Bertz CT molecular complexity index is 169. The molecule has 1 aliphatic carbocycles. The Morgan fingerprint density at radius 2 is 1.85 bits per heavy atom. The molecule has 1 fully saturated rings. The summed E-state index contributed by atoms with van der Waals surface area (Å²) in [6.45, 7) is 0.584. The summed E-state index contributed by atoms with van der Waals surface area (Å²) in [5, 5.41) is 2.90. The molecular formula is C8H18ClN3O. The molecule has 13 heavy (non-hydrogen) atoms. The van der Waals surface area contributed by atoms with Gasteiger partial charge in [-0.05, 0) is 12.8 Å². The number of carbonyl (C=O) groups is 1. The Morgan fingerprint density at radius 1 is 1.31 bits per heavy atom. The van der Waals surface area contributed by atoms with Crippen molar-refractivity contribution in [1.29, 1.82) is 0 Å². The molecule has 0 atom stereocenters. The summed E-state index contributed by atoms with van der Waals surface area (Å²) >= 11 is 0. The van der Waals surface area contributed by atoms with Gasteiger partial charge in [0.2, 0.25) is 5.91 Å². The first-order valence-electron chi connectivity index (χ1n) is 4.43. The summed E-state index contributed by atoms with van der Waals surface area (Å²) < 4.78 is 0. The number of rotatable bonds is 3. The molecule has 0 aliphatic heterocycles. The van der Waals surface area contributed by atoms with Gasteiger partial charge in [-0.15, -0.1) is 12.4 Å². The van der Waals surface area contributed by atoms with Crippen LogP contribution in [0.4, 0.5) is 0 Å². The van der Waals surface area contributed by atoms with Gasteiger partial charge < -0.3 is 16.8 Å². The van der Waals surface area contributed by atoms with Gasteiger partial charge in [-0.3, -0.25) is 4.79 Å². The second-order valence-corrected chi connectivity index (χ2v) is 3.44. The molecule has 0 aromatic carbocycles. The van der Waals surface area contributed by atoms with E-state index in [4.69, 9.17) is 11.5 Å². The fraction of sp³-hybridized carbons (Fsp3) is 0.875. The van der Waals surface area contributed by atoms with Crippen molar-refractivity contribution < 1.29 is 4.79 Å². The topological polar surface area (TPSA) is 81.1 Å². The first kappa shape index (κ1) is 12.7. The molecular weight excluding hydrogens is 190 g/mol. The van der Waals surface area contributed by atoms with Crippen LogP contribution in [-0.2, 0) is 4.79 Å². The predicted molar refractivity (Wildman–Crippen MR) is 54.7 cm³/mol. The molecule has 0 aromatic rings. The van der Waals surface area contributed by atoms with E-state index in [0.29, 0.717) is 6.54 Å². The van der Waals surface area contributed by atoms with E-state index in [1.807, 2.05) is 0 Å². The second-order valence-electron chi connectivity index (χ2n) is 3.44. The molecule has 1 rings (SSSR count). The second kappa shape index (κ2) is 5.42. The van der Waals surface area contributed by atoms with Gasteiger partial charge in [0.15, 0.2) is 0 Å². The molecule has 0 unspecified atom stereocenters. The number of nitrogens with two attached hydrogens (primary N) is 2. The van der Waals surface area contributed by atoms with E-state index in [2.05, 4.69) is 5.32 Å². The summed E-state index contributed by atoms with van der Waals surface area (Å²) in [7, 11) is 0. The third-order valence-corrected chi connectivity index (χ3v) is 2.54. The molecule has 1 amide bonds. The Labute approximate surface area is 84.8 Å². The monoisotopic (exact) mass is 207 g/mol. The van der Waals surface area contributed by atoms with Crippen LogP contribution < -0.4 is 16.8 Å². The van der Waals surface area contributed by atoms with E-state index in [9.17, 15) is 4.79 Å². The minimum atomic E-state index is -0.142. The molecule has 1 saturated carbocycles. The number of hydrogen-bond donors (Lipinski definition) is 3. The van der Waals surface area contributed by atoms with Gasteiger partial charge in [-0.2, -0.15) is 0 Å². The first-order valence-corrected chi connectivity index (χ1v) is 4.43. The molecule has 0 saturated heterocycles. The number of nitrogens with one attached hydrogen (secondary N) is 1. The molecule has 4 nitrogen and oxygen atoms in total. The number of carbonyl (C=O) groups excluding carboxylic acids is 1. The van der Waals surface area contributed by atoms with Gasteiger partial charge in [0.25, 0.3) is 0 Å². The lowest BCUT2D eigenvalue weighted by atomic mass is 9.98. The van der Waals surface area contributed by atoms with Gasteiger partial charge >= 0.3 is 0 Å². The fourth-order valence-electron chi connectivity index (χ4n) is 1.78. The highest BCUT2D eigenvalue weighted by Crippen LogP contribution is 2.28. The van der Waals surface area contributed by atoms with Crippen molar-refractivity contribution in [1.82, 2.24) is 5.32 Å². The molecule has 0 bridgehead atoms. The highest BCUT2D eigenvalue weighted by Gasteiger charge is 2.33. The largest absolute Gasteiger partial charge is 0.348 e. The van der Waals surface area contributed by atoms with Crippen molar-refractivity contribution in [3.05, 3.63) is 0 Å². The van der Waals surface area contributed by atoms with Crippen LogP contribution in [0.1, 0.15) is 25.7 Å². The van der Waals surface area contributed by atoms with Crippen molar-refractivity contribution in [3.63, 3.8) is 0 Å². The van der Waals surface area contributed by atoms with E-state index in [1.165, 1.54) is 0 Å². The average Bonchev–Trinajstić information content (AvgIpc) is 2.54. The number of halogens is 1. The van der Waals surface area contributed by atoms with Crippen LogP contribution in [0.25, 0.3) is 0 Å². The minimum Gasteiger partial charge on any atom is -0.348 e. The van der Waals surface area contributed by atoms with Gasteiger partial charge in [-0.1, -0.05) is 12.8 Å². The van der Waals surface area contributed by atoms with Crippen LogP contribution in [0.2, 0.25) is 0 Å². The van der Waals surface area contributed by atoms with Crippen LogP contribution >= 0.6 is 12.4 Å². The molecule has 5 heteroatoms. The Balaban J connectivity index is 0.00000144. The summed E-state index contributed by atoms with van der Waals surface area (Å²) in [5.74, 6) is -0.0950. The minimum absolute atomic E-state index is 0. The standard InChI is InChI=1S/C8H17N3O.ClH/c9-5-7(12)11-8(6-10)3-1-2-4-8;/h1-6,9-10H2,(H,11,12);1H. The SMILES string of the molecule is Cl.NCC(=O)NC1(CN)CCCC1.